The van der Waals surface area contributed by atoms with Crippen LogP contribution in [0.5, 0.6) is 0 Å². The highest BCUT2D eigenvalue weighted by atomic mass is 16.3. The number of furan rings is 1. The molecular weight excluding hydrogens is 599 g/mol. The molecule has 0 N–H and O–H groups in total. The van der Waals surface area contributed by atoms with E-state index >= 15 is 0 Å². The number of rotatable bonds is 4. The molecule has 0 aliphatic heterocycles. The Morgan fingerprint density at radius 1 is 0.408 bits per heavy atom. The maximum Gasteiger partial charge on any atom is 0.164 e. The topological polar surface area (TPSA) is 51.8 Å². The zero-order chi connectivity index (χ0) is 37.5. The smallest absolute Gasteiger partial charge is 0.164 e. The van der Waals surface area contributed by atoms with Gasteiger partial charge >= 0.3 is 0 Å². The monoisotopic (exact) mass is 631 g/mol. The fourth-order valence-corrected chi connectivity index (χ4v) is 6.72. The Morgan fingerprint density at radius 2 is 0.939 bits per heavy atom. The lowest BCUT2D eigenvalue weighted by atomic mass is 9.92. The van der Waals surface area contributed by atoms with Gasteiger partial charge in [-0.1, -0.05) is 145 Å². The van der Waals surface area contributed by atoms with Crippen LogP contribution in [0.3, 0.4) is 0 Å². The molecule has 0 fully saturated rings. The molecule has 228 valence electrons. The third-order valence-corrected chi connectivity index (χ3v) is 9.02. The fraction of sp³-hybridized carbons (Fsp3) is 0. The molecule has 0 aliphatic rings. The Kier molecular flexibility index (Phi) is 4.93. The van der Waals surface area contributed by atoms with E-state index in [1.165, 1.54) is 0 Å². The Balaban J connectivity index is 1.26. The summed E-state index contributed by atoms with van der Waals surface area (Å²) in [6.45, 7) is 0. The molecule has 0 amide bonds. The number of hydrogen-bond acceptors (Lipinski definition) is 4. The van der Waals surface area contributed by atoms with Gasteiger partial charge in [-0.25, -0.2) is 15.0 Å². The predicted molar refractivity (Wildman–Crippen MR) is 201 cm³/mol. The summed E-state index contributed by atoms with van der Waals surface area (Å²) in [6, 6.07) is 39.3. The first kappa shape index (κ1) is 22.0. The fourth-order valence-electron chi connectivity index (χ4n) is 6.72. The van der Waals surface area contributed by atoms with E-state index in [1.54, 1.807) is 0 Å². The molecule has 10 aromatic rings. The molecule has 0 spiro atoms. The molecule has 0 saturated carbocycles. The number of aromatic nitrogens is 3. The van der Waals surface area contributed by atoms with Gasteiger partial charge in [0, 0.05) is 33.0 Å². The van der Waals surface area contributed by atoms with Crippen LogP contribution in [0.1, 0.15) is 8.22 Å². The van der Waals surface area contributed by atoms with Crippen molar-refractivity contribution < 1.29 is 12.6 Å². The first-order valence-electron chi connectivity index (χ1n) is 19.0. The molecule has 2 aromatic heterocycles. The second-order valence-electron chi connectivity index (χ2n) is 11.9. The van der Waals surface area contributed by atoms with Crippen molar-refractivity contribution in [2.75, 3.05) is 0 Å². The van der Waals surface area contributed by atoms with Crippen molar-refractivity contribution in [3.05, 3.63) is 164 Å². The van der Waals surface area contributed by atoms with Crippen molar-refractivity contribution in [1.82, 2.24) is 15.0 Å². The Labute approximate surface area is 290 Å². The molecule has 4 heteroatoms. The van der Waals surface area contributed by atoms with E-state index in [0.717, 1.165) is 32.3 Å². The molecular formula is C45H27N3O. The van der Waals surface area contributed by atoms with Crippen molar-refractivity contribution in [3.63, 3.8) is 0 Å². The zero-order valence-electron chi connectivity index (χ0n) is 31.9. The molecule has 10 rings (SSSR count). The van der Waals surface area contributed by atoms with Crippen molar-refractivity contribution in [2.45, 2.75) is 0 Å². The van der Waals surface area contributed by atoms with Crippen LogP contribution in [0.15, 0.2) is 168 Å². The molecule has 49 heavy (non-hydrogen) atoms. The second-order valence-corrected chi connectivity index (χ2v) is 11.9. The van der Waals surface area contributed by atoms with Crippen LogP contribution >= 0.6 is 0 Å². The molecule has 0 atom stereocenters. The minimum atomic E-state index is -0.340. The molecule has 2 heterocycles. The van der Waals surface area contributed by atoms with Crippen molar-refractivity contribution in [1.29, 1.82) is 0 Å². The quantitative estimate of drug-likeness (QED) is 0.181. The van der Waals surface area contributed by atoms with Crippen LogP contribution in [0.25, 0.3) is 99.5 Å². The first-order chi connectivity index (χ1) is 26.8. The average molecular weight is 632 g/mol. The maximum absolute atomic E-state index is 9.47. The molecule has 0 saturated heterocycles. The molecule has 0 aliphatic carbocycles. The lowest BCUT2D eigenvalue weighted by Gasteiger charge is -2.12. The second kappa shape index (κ2) is 11.0. The summed E-state index contributed by atoms with van der Waals surface area (Å²) in [4.78, 5) is 14.2. The lowest BCUT2D eigenvalue weighted by molar-refractivity contribution is 0.670. The van der Waals surface area contributed by atoms with Gasteiger partial charge in [-0.2, -0.15) is 0 Å². The van der Waals surface area contributed by atoms with E-state index in [2.05, 4.69) is 24.3 Å². The number of benzene rings is 8. The molecule has 4 nitrogen and oxygen atoms in total. The number of fused-ring (bicyclic) bond motifs is 9. The highest BCUT2D eigenvalue weighted by Crippen LogP contribution is 2.41. The third kappa shape index (κ3) is 4.49. The summed E-state index contributed by atoms with van der Waals surface area (Å²) < 4.78 is 61.6. The summed E-state index contributed by atoms with van der Waals surface area (Å²) in [5, 5.41) is 6.48. The van der Waals surface area contributed by atoms with Gasteiger partial charge in [0.1, 0.15) is 11.2 Å². The summed E-state index contributed by atoms with van der Waals surface area (Å²) in [6.07, 6.45) is 0. The summed E-state index contributed by atoms with van der Waals surface area (Å²) in [7, 11) is 0. The van der Waals surface area contributed by atoms with Gasteiger partial charge in [-0.05, 0) is 56.0 Å². The predicted octanol–water partition coefficient (Wildman–Crippen LogP) is 11.9. The summed E-state index contributed by atoms with van der Waals surface area (Å²) in [5.41, 5.74) is 2.32. The van der Waals surface area contributed by atoms with Crippen LogP contribution in [0.4, 0.5) is 0 Å². The Bertz CT molecular complexity index is 3130. The summed E-state index contributed by atoms with van der Waals surface area (Å²) in [5.74, 6) is 0.704. The van der Waals surface area contributed by atoms with Crippen molar-refractivity contribution in [2.24, 2.45) is 0 Å². The number of para-hydroxylation sites is 1. The van der Waals surface area contributed by atoms with Gasteiger partial charge < -0.3 is 4.42 Å². The van der Waals surface area contributed by atoms with E-state index in [1.807, 2.05) is 103 Å². The largest absolute Gasteiger partial charge is 0.455 e. The minimum Gasteiger partial charge on any atom is -0.455 e. The number of nitrogens with zero attached hydrogens (tertiary/aromatic N) is 3. The lowest BCUT2D eigenvalue weighted by Crippen LogP contribution is -2.00. The molecule has 0 radical (unpaired) electrons. The van der Waals surface area contributed by atoms with Gasteiger partial charge in [0.05, 0.1) is 8.22 Å². The van der Waals surface area contributed by atoms with E-state index in [0.29, 0.717) is 28.3 Å². The van der Waals surface area contributed by atoms with Crippen LogP contribution in [-0.2, 0) is 0 Å². The summed E-state index contributed by atoms with van der Waals surface area (Å²) >= 11 is 0. The normalized spacial score (nSPS) is 13.4. The van der Waals surface area contributed by atoms with E-state index in [4.69, 9.17) is 23.5 Å². The maximum atomic E-state index is 9.47. The third-order valence-electron chi connectivity index (χ3n) is 9.02. The van der Waals surface area contributed by atoms with Crippen LogP contribution in [-0.4, -0.2) is 15.0 Å². The van der Waals surface area contributed by atoms with E-state index in [9.17, 15) is 4.11 Å². The van der Waals surface area contributed by atoms with Crippen LogP contribution in [0, 0.1) is 0 Å². The van der Waals surface area contributed by atoms with Gasteiger partial charge in [0.15, 0.2) is 17.5 Å². The van der Waals surface area contributed by atoms with Crippen LogP contribution < -0.4 is 0 Å². The van der Waals surface area contributed by atoms with Gasteiger partial charge in [0.25, 0.3) is 0 Å². The van der Waals surface area contributed by atoms with Crippen molar-refractivity contribution in [3.8, 4) is 45.3 Å². The standard InChI is InChI=1S/C45H27N3O/c1-3-12-28(13-4-1)43-46-44(29-14-5-2-6-15-29)48-45(47-43)31-23-25-38-39-21-11-20-32(42(39)49-41(38)27-31)30-22-24-37-35-18-8-7-16-33(35)34-17-9-10-19-36(34)40(37)26-30/h1-27H/i11D,20D,21D,23D,25D,27D. The molecule has 0 unspecified atom stereocenters. The van der Waals surface area contributed by atoms with E-state index < -0.39 is 0 Å². The Morgan fingerprint density at radius 3 is 1.55 bits per heavy atom. The first-order valence-corrected chi connectivity index (χ1v) is 16.0. The number of hydrogen-bond donors (Lipinski definition) is 0. The van der Waals surface area contributed by atoms with Crippen LogP contribution in [0.2, 0.25) is 0 Å². The average Bonchev–Trinajstić information content (AvgIpc) is 3.64. The van der Waals surface area contributed by atoms with Gasteiger partial charge in [-0.3, -0.25) is 0 Å². The zero-order valence-corrected chi connectivity index (χ0v) is 25.9. The minimum absolute atomic E-state index is 0.0253. The highest BCUT2D eigenvalue weighted by molar-refractivity contribution is 6.26. The molecule has 0 bridgehead atoms. The van der Waals surface area contributed by atoms with Gasteiger partial charge in [0.2, 0.25) is 0 Å². The molecule has 8 aromatic carbocycles. The van der Waals surface area contributed by atoms with E-state index in [-0.39, 0.29) is 75.1 Å². The highest BCUT2D eigenvalue weighted by Gasteiger charge is 2.17. The SMILES string of the molecule is [2H]c1c([2H])c([2H])c2c(oc3c([2H])c(-c4nc(-c5ccccc5)nc(-c5ccccc5)n4)c([2H])c([2H])c32)c1-c1ccc2c3ccccc3c3ccccc3c2c1. The van der Waals surface area contributed by atoms with Crippen molar-refractivity contribution >= 4 is 54.3 Å². The Hall–Kier alpha value is -6.65. The van der Waals surface area contributed by atoms with Gasteiger partial charge in [-0.15, -0.1) is 0 Å².